The van der Waals surface area contributed by atoms with Gasteiger partial charge in [-0.15, -0.1) is 0 Å². The van der Waals surface area contributed by atoms with Crippen LogP contribution in [0.25, 0.3) is 11.3 Å². The minimum Gasteiger partial charge on any atom is -0.441 e. The van der Waals surface area contributed by atoms with E-state index in [2.05, 4.69) is 4.98 Å². The van der Waals surface area contributed by atoms with Crippen LogP contribution in [0.4, 0.5) is 0 Å². The van der Waals surface area contributed by atoms with Crippen LogP contribution in [-0.2, 0) is 22.5 Å². The number of hydrogen-bond acceptors (Lipinski definition) is 4. The molecule has 1 atom stereocenters. The van der Waals surface area contributed by atoms with Gasteiger partial charge in [0.25, 0.3) is 0 Å². The maximum absolute atomic E-state index is 13.0. The number of oxazole rings is 1. The molecule has 2 heterocycles. The zero-order valence-corrected chi connectivity index (χ0v) is 17.6. The fraction of sp³-hybridized carbons (Fsp3) is 0.333. The molecule has 4 rings (SSSR count). The number of rotatable bonds is 8. The van der Waals surface area contributed by atoms with Gasteiger partial charge in [-0.25, -0.2) is 4.98 Å². The molecule has 5 nitrogen and oxygen atoms in total. The van der Waals surface area contributed by atoms with Crippen LogP contribution in [-0.4, -0.2) is 35.0 Å². The molecule has 0 saturated carbocycles. The molecular weight excluding hydrogens is 400 g/mol. The van der Waals surface area contributed by atoms with Gasteiger partial charge < -0.3 is 14.1 Å². The first kappa shape index (κ1) is 20.6. The van der Waals surface area contributed by atoms with Gasteiger partial charge in [-0.05, 0) is 42.7 Å². The van der Waals surface area contributed by atoms with Gasteiger partial charge in [0.15, 0.2) is 11.7 Å². The second-order valence-electron chi connectivity index (χ2n) is 7.52. The number of nitrogens with zero attached hydrogens (tertiary/aromatic N) is 2. The number of benzene rings is 2. The summed E-state index contributed by atoms with van der Waals surface area (Å²) in [6.07, 6.45) is 4.68. The van der Waals surface area contributed by atoms with Crippen molar-refractivity contribution in [3.8, 4) is 11.3 Å². The molecule has 1 amide bonds. The van der Waals surface area contributed by atoms with Crippen LogP contribution in [0.15, 0.2) is 65.2 Å². The van der Waals surface area contributed by atoms with Crippen molar-refractivity contribution in [2.75, 3.05) is 13.2 Å². The molecule has 1 saturated heterocycles. The molecule has 1 aliphatic rings. The van der Waals surface area contributed by atoms with E-state index >= 15 is 0 Å². The number of aromatic nitrogens is 1. The van der Waals surface area contributed by atoms with Crippen LogP contribution in [0.1, 0.15) is 30.7 Å². The Labute approximate surface area is 181 Å². The maximum Gasteiger partial charge on any atom is 0.223 e. The zero-order chi connectivity index (χ0) is 20.8. The average molecular weight is 425 g/mol. The van der Waals surface area contributed by atoms with E-state index in [9.17, 15) is 4.79 Å². The van der Waals surface area contributed by atoms with Gasteiger partial charge in [-0.1, -0.05) is 41.9 Å². The molecule has 156 valence electrons. The van der Waals surface area contributed by atoms with Gasteiger partial charge in [0.2, 0.25) is 5.91 Å². The lowest BCUT2D eigenvalue weighted by atomic mass is 10.1. The Morgan fingerprint density at radius 3 is 2.67 bits per heavy atom. The second kappa shape index (κ2) is 9.92. The third kappa shape index (κ3) is 5.49. The molecule has 30 heavy (non-hydrogen) atoms. The van der Waals surface area contributed by atoms with Crippen molar-refractivity contribution in [1.82, 2.24) is 9.88 Å². The largest absolute Gasteiger partial charge is 0.441 e. The van der Waals surface area contributed by atoms with Crippen LogP contribution in [0.2, 0.25) is 5.02 Å². The Kier molecular flexibility index (Phi) is 6.82. The number of carbonyl (C=O) groups is 1. The monoisotopic (exact) mass is 424 g/mol. The minimum atomic E-state index is 0.0839. The molecular formula is C24H25ClN2O3. The first-order valence-electron chi connectivity index (χ1n) is 10.3. The van der Waals surface area contributed by atoms with Crippen LogP contribution < -0.4 is 0 Å². The molecule has 1 fully saturated rings. The molecule has 0 radical (unpaired) electrons. The summed E-state index contributed by atoms with van der Waals surface area (Å²) < 4.78 is 11.6. The highest BCUT2D eigenvalue weighted by Gasteiger charge is 2.23. The average Bonchev–Trinajstić information content (AvgIpc) is 3.45. The zero-order valence-electron chi connectivity index (χ0n) is 16.8. The lowest BCUT2D eigenvalue weighted by Crippen LogP contribution is -2.37. The number of aryl methyl sites for hydroxylation is 1. The summed E-state index contributed by atoms with van der Waals surface area (Å²) >= 11 is 5.94. The van der Waals surface area contributed by atoms with Crippen molar-refractivity contribution >= 4 is 17.5 Å². The normalized spacial score (nSPS) is 16.0. The fourth-order valence-electron chi connectivity index (χ4n) is 3.64. The summed E-state index contributed by atoms with van der Waals surface area (Å²) in [6.45, 7) is 1.98. The van der Waals surface area contributed by atoms with E-state index in [0.717, 1.165) is 30.6 Å². The summed E-state index contributed by atoms with van der Waals surface area (Å²) in [7, 11) is 0. The maximum atomic E-state index is 13.0. The van der Waals surface area contributed by atoms with Crippen molar-refractivity contribution in [3.63, 3.8) is 0 Å². The smallest absolute Gasteiger partial charge is 0.223 e. The van der Waals surface area contributed by atoms with E-state index in [1.807, 2.05) is 59.5 Å². The SMILES string of the molecule is O=C(CCc1ncc(-c2ccc(Cl)cc2)o1)N(Cc1ccccc1)CC1CCCO1. The van der Waals surface area contributed by atoms with E-state index in [0.29, 0.717) is 42.6 Å². The highest BCUT2D eigenvalue weighted by molar-refractivity contribution is 6.30. The van der Waals surface area contributed by atoms with E-state index in [4.69, 9.17) is 20.8 Å². The molecule has 0 spiro atoms. The van der Waals surface area contributed by atoms with E-state index < -0.39 is 0 Å². The molecule has 0 bridgehead atoms. The Hall–Kier alpha value is -2.63. The van der Waals surface area contributed by atoms with E-state index in [1.54, 1.807) is 6.20 Å². The molecule has 0 N–H and O–H groups in total. The highest BCUT2D eigenvalue weighted by Crippen LogP contribution is 2.23. The lowest BCUT2D eigenvalue weighted by molar-refractivity contribution is -0.133. The van der Waals surface area contributed by atoms with Gasteiger partial charge in [0, 0.05) is 43.1 Å². The Morgan fingerprint density at radius 2 is 1.93 bits per heavy atom. The number of carbonyl (C=O) groups excluding carboxylic acids is 1. The minimum absolute atomic E-state index is 0.0839. The van der Waals surface area contributed by atoms with E-state index in [-0.39, 0.29) is 12.0 Å². The van der Waals surface area contributed by atoms with Gasteiger partial charge >= 0.3 is 0 Å². The number of halogens is 1. The summed E-state index contributed by atoms with van der Waals surface area (Å²) in [6, 6.07) is 17.5. The van der Waals surface area contributed by atoms with Crippen LogP contribution in [0.3, 0.4) is 0 Å². The highest BCUT2D eigenvalue weighted by atomic mass is 35.5. The number of hydrogen-bond donors (Lipinski definition) is 0. The molecule has 6 heteroatoms. The molecule has 0 aliphatic carbocycles. The van der Waals surface area contributed by atoms with Gasteiger partial charge in [-0.2, -0.15) is 0 Å². The Balaban J connectivity index is 1.38. The third-order valence-electron chi connectivity index (χ3n) is 5.25. The van der Waals surface area contributed by atoms with Gasteiger partial charge in [0.1, 0.15) is 0 Å². The quantitative estimate of drug-likeness (QED) is 0.502. The first-order valence-corrected chi connectivity index (χ1v) is 10.7. The topological polar surface area (TPSA) is 55.6 Å². The second-order valence-corrected chi connectivity index (χ2v) is 7.96. The fourth-order valence-corrected chi connectivity index (χ4v) is 3.76. The molecule has 3 aromatic rings. The first-order chi connectivity index (χ1) is 14.7. The van der Waals surface area contributed by atoms with Crippen LogP contribution in [0.5, 0.6) is 0 Å². The third-order valence-corrected chi connectivity index (χ3v) is 5.50. The van der Waals surface area contributed by atoms with Crippen molar-refractivity contribution in [3.05, 3.63) is 77.3 Å². The summed E-state index contributed by atoms with van der Waals surface area (Å²) in [5.41, 5.74) is 2.03. The van der Waals surface area contributed by atoms with E-state index in [1.165, 1.54) is 0 Å². The molecule has 2 aromatic carbocycles. The molecule has 1 aromatic heterocycles. The van der Waals surface area contributed by atoms with Crippen LogP contribution >= 0.6 is 11.6 Å². The molecule has 1 aliphatic heterocycles. The van der Waals surface area contributed by atoms with Crippen molar-refractivity contribution in [2.24, 2.45) is 0 Å². The van der Waals surface area contributed by atoms with Crippen molar-refractivity contribution in [1.29, 1.82) is 0 Å². The van der Waals surface area contributed by atoms with Crippen molar-refractivity contribution in [2.45, 2.75) is 38.3 Å². The van der Waals surface area contributed by atoms with Gasteiger partial charge in [0.05, 0.1) is 12.3 Å². The predicted molar refractivity (Wildman–Crippen MR) is 116 cm³/mol. The predicted octanol–water partition coefficient (Wildman–Crippen LogP) is 5.14. The van der Waals surface area contributed by atoms with Gasteiger partial charge in [-0.3, -0.25) is 4.79 Å². The van der Waals surface area contributed by atoms with Crippen LogP contribution in [0, 0.1) is 0 Å². The lowest BCUT2D eigenvalue weighted by Gasteiger charge is -2.25. The summed E-state index contributed by atoms with van der Waals surface area (Å²) in [5.74, 6) is 1.32. The number of ether oxygens (including phenoxy) is 1. The standard InChI is InChI=1S/C24H25ClN2O3/c25-20-10-8-19(9-11-20)22-15-26-23(30-22)12-13-24(28)27(17-21-7-4-14-29-21)16-18-5-2-1-3-6-18/h1-3,5-6,8-11,15,21H,4,7,12-14,16-17H2. The Morgan fingerprint density at radius 1 is 1.13 bits per heavy atom. The summed E-state index contributed by atoms with van der Waals surface area (Å²) in [4.78, 5) is 19.2. The Bertz CT molecular complexity index is 950. The molecule has 1 unspecified atom stereocenters. The number of amides is 1. The summed E-state index contributed by atoms with van der Waals surface area (Å²) in [5, 5.41) is 0.675. The van der Waals surface area contributed by atoms with Crippen molar-refractivity contribution < 1.29 is 13.9 Å².